The Morgan fingerprint density at radius 1 is 1.21 bits per heavy atom. The van der Waals surface area contributed by atoms with E-state index in [0.29, 0.717) is 17.3 Å². The second-order valence-corrected chi connectivity index (χ2v) is 4.24. The second kappa shape index (κ2) is 5.43. The largest absolute Gasteiger partial charge is 0.376 e. The van der Waals surface area contributed by atoms with Crippen molar-refractivity contribution in [2.75, 3.05) is 24.3 Å². The molecule has 0 unspecified atom stereocenters. The average Bonchev–Trinajstić information content (AvgIpc) is 2.39. The summed E-state index contributed by atoms with van der Waals surface area (Å²) in [5.41, 5.74) is 1.29. The van der Waals surface area contributed by atoms with Crippen LogP contribution in [0.3, 0.4) is 0 Å². The topological polar surface area (TPSA) is 71.0 Å². The van der Waals surface area contributed by atoms with Crippen molar-refractivity contribution in [3.8, 4) is 0 Å². The number of aromatic nitrogens is 3. The van der Waals surface area contributed by atoms with E-state index < -0.39 is 0 Å². The van der Waals surface area contributed by atoms with E-state index in [1.54, 1.807) is 31.5 Å². The third kappa shape index (κ3) is 3.25. The Morgan fingerprint density at radius 2 is 2.00 bits per heavy atom. The van der Waals surface area contributed by atoms with Gasteiger partial charge in [0.15, 0.2) is 0 Å². The molecule has 0 saturated heterocycles. The van der Waals surface area contributed by atoms with Gasteiger partial charge >= 0.3 is 0 Å². The van der Waals surface area contributed by atoms with Gasteiger partial charge in [0.05, 0.1) is 11.9 Å². The van der Waals surface area contributed by atoms with E-state index in [2.05, 4.69) is 20.3 Å². The molecule has 0 aromatic carbocycles. The molecule has 1 amide bonds. The molecule has 1 N–H and O–H groups in total. The number of hydrogen-bond donors (Lipinski definition) is 1. The number of amides is 1. The molecular formula is C13H15N5O. The van der Waals surface area contributed by atoms with E-state index in [1.807, 2.05) is 25.1 Å². The van der Waals surface area contributed by atoms with Crippen LogP contribution in [0.15, 0.2) is 30.6 Å². The highest BCUT2D eigenvalue weighted by Gasteiger charge is 2.08. The molecular weight excluding hydrogens is 242 g/mol. The van der Waals surface area contributed by atoms with Crippen LogP contribution in [0.25, 0.3) is 0 Å². The van der Waals surface area contributed by atoms with Gasteiger partial charge in [-0.05, 0) is 25.1 Å². The molecule has 2 aromatic heterocycles. The lowest BCUT2D eigenvalue weighted by Crippen LogP contribution is -2.15. The number of hydrogen-bond acceptors (Lipinski definition) is 5. The highest BCUT2D eigenvalue weighted by atomic mass is 16.1. The highest BCUT2D eigenvalue weighted by Crippen LogP contribution is 2.12. The molecule has 0 fully saturated rings. The first-order chi connectivity index (χ1) is 9.06. The number of rotatable bonds is 3. The number of nitrogens with one attached hydrogen (secondary N) is 1. The van der Waals surface area contributed by atoms with Gasteiger partial charge in [-0.15, -0.1) is 0 Å². The van der Waals surface area contributed by atoms with Crippen molar-refractivity contribution in [1.82, 2.24) is 15.0 Å². The second-order valence-electron chi connectivity index (χ2n) is 4.24. The number of pyridine rings is 1. The van der Waals surface area contributed by atoms with Crippen molar-refractivity contribution < 1.29 is 4.79 Å². The number of carbonyl (C=O) groups is 1. The summed E-state index contributed by atoms with van der Waals surface area (Å²) in [6.45, 7) is 1.74. The summed E-state index contributed by atoms with van der Waals surface area (Å²) in [4.78, 5) is 26.0. The third-order valence-electron chi connectivity index (χ3n) is 2.51. The fourth-order valence-electron chi connectivity index (χ4n) is 1.49. The van der Waals surface area contributed by atoms with Gasteiger partial charge in [-0.1, -0.05) is 0 Å². The average molecular weight is 257 g/mol. The molecule has 0 radical (unpaired) electrons. The summed E-state index contributed by atoms with van der Waals surface area (Å²) in [5.74, 6) is 0.756. The van der Waals surface area contributed by atoms with Crippen LogP contribution in [0, 0.1) is 6.92 Å². The summed E-state index contributed by atoms with van der Waals surface area (Å²) in [5, 5.41) is 2.69. The molecule has 0 spiro atoms. The van der Waals surface area contributed by atoms with Gasteiger partial charge in [0.1, 0.15) is 17.3 Å². The number of aryl methyl sites for hydroxylation is 1. The molecule has 0 aliphatic rings. The SMILES string of the molecule is Cc1nccc(C(=O)Nc2ccc(N(C)C)cn2)n1. The van der Waals surface area contributed by atoms with E-state index in [4.69, 9.17) is 0 Å². The summed E-state index contributed by atoms with van der Waals surface area (Å²) >= 11 is 0. The van der Waals surface area contributed by atoms with Gasteiger partial charge in [-0.3, -0.25) is 4.79 Å². The minimum absolute atomic E-state index is 0.296. The van der Waals surface area contributed by atoms with Gasteiger partial charge in [-0.25, -0.2) is 15.0 Å². The van der Waals surface area contributed by atoms with Crippen LogP contribution in [-0.4, -0.2) is 35.0 Å². The van der Waals surface area contributed by atoms with E-state index in [9.17, 15) is 4.79 Å². The molecule has 0 bridgehead atoms. The van der Waals surface area contributed by atoms with Gasteiger partial charge in [0.2, 0.25) is 0 Å². The number of carbonyl (C=O) groups excluding carboxylic acids is 1. The van der Waals surface area contributed by atoms with Crippen molar-refractivity contribution in [3.63, 3.8) is 0 Å². The van der Waals surface area contributed by atoms with Crippen molar-refractivity contribution in [1.29, 1.82) is 0 Å². The molecule has 19 heavy (non-hydrogen) atoms. The molecule has 0 aliphatic heterocycles. The fourth-order valence-corrected chi connectivity index (χ4v) is 1.49. The Labute approximate surface area is 111 Å². The quantitative estimate of drug-likeness (QED) is 0.902. The molecule has 0 aliphatic carbocycles. The molecule has 0 saturated carbocycles. The van der Waals surface area contributed by atoms with Crippen molar-refractivity contribution in [3.05, 3.63) is 42.1 Å². The monoisotopic (exact) mass is 257 g/mol. The van der Waals surface area contributed by atoms with E-state index in [0.717, 1.165) is 5.69 Å². The molecule has 2 heterocycles. The predicted octanol–water partition coefficient (Wildman–Crippen LogP) is 1.50. The fraction of sp³-hybridized carbons (Fsp3) is 0.231. The van der Waals surface area contributed by atoms with Crippen molar-refractivity contribution in [2.24, 2.45) is 0 Å². The normalized spacial score (nSPS) is 10.1. The maximum absolute atomic E-state index is 11.9. The zero-order valence-electron chi connectivity index (χ0n) is 11.1. The molecule has 0 atom stereocenters. The molecule has 2 aromatic rings. The van der Waals surface area contributed by atoms with Crippen LogP contribution in [0.5, 0.6) is 0 Å². The Hall–Kier alpha value is -2.50. The van der Waals surface area contributed by atoms with E-state index >= 15 is 0 Å². The lowest BCUT2D eigenvalue weighted by atomic mass is 10.3. The Balaban J connectivity index is 2.10. The summed E-state index contributed by atoms with van der Waals surface area (Å²) in [7, 11) is 3.86. The Morgan fingerprint density at radius 3 is 2.58 bits per heavy atom. The summed E-state index contributed by atoms with van der Waals surface area (Å²) in [6, 6.07) is 5.20. The third-order valence-corrected chi connectivity index (χ3v) is 2.51. The molecule has 6 nitrogen and oxygen atoms in total. The summed E-state index contributed by atoms with van der Waals surface area (Å²) in [6.07, 6.45) is 3.25. The van der Waals surface area contributed by atoms with E-state index in [-0.39, 0.29) is 5.91 Å². The van der Waals surface area contributed by atoms with Crippen molar-refractivity contribution in [2.45, 2.75) is 6.92 Å². The van der Waals surface area contributed by atoms with Crippen LogP contribution in [0.1, 0.15) is 16.3 Å². The zero-order valence-corrected chi connectivity index (χ0v) is 11.1. The van der Waals surface area contributed by atoms with E-state index in [1.165, 1.54) is 0 Å². The smallest absolute Gasteiger partial charge is 0.275 e. The van der Waals surface area contributed by atoms with Gasteiger partial charge < -0.3 is 10.2 Å². The van der Waals surface area contributed by atoms with Crippen LogP contribution >= 0.6 is 0 Å². The minimum atomic E-state index is -0.296. The molecule has 2 rings (SSSR count). The first-order valence-corrected chi connectivity index (χ1v) is 5.80. The zero-order chi connectivity index (χ0) is 13.8. The van der Waals surface area contributed by atoms with Crippen LogP contribution < -0.4 is 10.2 Å². The molecule has 6 heteroatoms. The Bertz CT molecular complexity index is 580. The highest BCUT2D eigenvalue weighted by molar-refractivity contribution is 6.02. The number of anilines is 2. The van der Waals surface area contributed by atoms with Gasteiger partial charge in [0, 0.05) is 20.3 Å². The van der Waals surface area contributed by atoms with Gasteiger partial charge in [0.25, 0.3) is 5.91 Å². The maximum Gasteiger partial charge on any atom is 0.275 e. The van der Waals surface area contributed by atoms with Gasteiger partial charge in [-0.2, -0.15) is 0 Å². The minimum Gasteiger partial charge on any atom is -0.376 e. The molecule has 98 valence electrons. The lowest BCUT2D eigenvalue weighted by molar-refractivity contribution is 0.102. The lowest BCUT2D eigenvalue weighted by Gasteiger charge is -2.12. The standard InChI is InChI=1S/C13H15N5O/c1-9-14-7-6-11(16-9)13(19)17-12-5-4-10(8-15-12)18(2)3/h4-8H,1-3H3,(H,15,17,19). The maximum atomic E-state index is 11.9. The number of nitrogens with zero attached hydrogens (tertiary/aromatic N) is 4. The van der Waals surface area contributed by atoms with Crippen LogP contribution in [0.4, 0.5) is 11.5 Å². The van der Waals surface area contributed by atoms with Crippen molar-refractivity contribution >= 4 is 17.4 Å². The Kier molecular flexibility index (Phi) is 3.70. The van der Waals surface area contributed by atoms with Crippen LogP contribution in [0.2, 0.25) is 0 Å². The first-order valence-electron chi connectivity index (χ1n) is 5.80. The summed E-state index contributed by atoms with van der Waals surface area (Å²) < 4.78 is 0. The predicted molar refractivity (Wildman–Crippen MR) is 73.3 cm³/mol. The van der Waals surface area contributed by atoms with Crippen LogP contribution in [-0.2, 0) is 0 Å². The first kappa shape index (κ1) is 12.9.